The Morgan fingerprint density at radius 2 is 1.75 bits per heavy atom. The molecule has 0 bridgehead atoms. The molecule has 0 aliphatic carbocycles. The van der Waals surface area contributed by atoms with Crippen molar-refractivity contribution in [2.75, 3.05) is 42.8 Å². The number of fused-ring (bicyclic) bond motifs is 2. The number of halogens is 5. The molecule has 0 saturated carbocycles. The van der Waals surface area contributed by atoms with Gasteiger partial charge in [0.1, 0.15) is 17.8 Å². The second kappa shape index (κ2) is 10.4. The number of para-hydroxylation sites is 1. The van der Waals surface area contributed by atoms with Gasteiger partial charge >= 0.3 is 0 Å². The van der Waals surface area contributed by atoms with Crippen LogP contribution in [-0.4, -0.2) is 43.7 Å². The van der Waals surface area contributed by atoms with Crippen LogP contribution in [0.5, 0.6) is 0 Å². The van der Waals surface area contributed by atoms with Gasteiger partial charge in [0.15, 0.2) is 11.6 Å². The van der Waals surface area contributed by atoms with E-state index in [1.165, 1.54) is 12.3 Å². The zero-order chi connectivity index (χ0) is 28.0. The summed E-state index contributed by atoms with van der Waals surface area (Å²) in [5.74, 6) is -5.43. The van der Waals surface area contributed by atoms with Gasteiger partial charge in [0, 0.05) is 60.4 Å². The lowest BCUT2D eigenvalue weighted by molar-refractivity contribution is 0.0944. The maximum atomic E-state index is 15.2. The Bertz CT molecular complexity index is 1630. The SMILES string of the molecule is O=C(NN1CCC(F)c2ccccc21)c1cnc2c(-c3cc(F)cc(F)c3F)c(F)ccc2c1N1CCOCC1. The van der Waals surface area contributed by atoms with Gasteiger partial charge in [-0.3, -0.25) is 20.2 Å². The van der Waals surface area contributed by atoms with Gasteiger partial charge < -0.3 is 9.64 Å². The number of amides is 1. The number of hydrogen-bond acceptors (Lipinski definition) is 5. The lowest BCUT2D eigenvalue weighted by Gasteiger charge is -2.34. The molecule has 11 heteroatoms. The topological polar surface area (TPSA) is 57.7 Å². The van der Waals surface area contributed by atoms with E-state index in [1.54, 1.807) is 29.3 Å². The molecule has 1 amide bonds. The van der Waals surface area contributed by atoms with E-state index < -0.39 is 46.5 Å². The summed E-state index contributed by atoms with van der Waals surface area (Å²) in [6, 6.07) is 10.4. The molecule has 0 radical (unpaired) electrons. The van der Waals surface area contributed by atoms with E-state index in [4.69, 9.17) is 4.74 Å². The second-order valence-corrected chi connectivity index (χ2v) is 9.60. The Kier molecular flexibility index (Phi) is 6.75. The van der Waals surface area contributed by atoms with E-state index in [0.29, 0.717) is 55.4 Å². The summed E-state index contributed by atoms with van der Waals surface area (Å²) < 4.78 is 78.1. The summed E-state index contributed by atoms with van der Waals surface area (Å²) in [4.78, 5) is 19.9. The standard InChI is InChI=1S/C29H23F5N4O2/c30-16-13-19(26(34)23(33)14-16)25-22(32)6-5-18-27(25)35-15-20(28(18)37-9-11-40-12-10-37)29(39)36-38-8-7-21(31)17-3-1-2-4-24(17)38/h1-6,13-15,21H,7-12H2,(H,36,39). The van der Waals surface area contributed by atoms with Crippen molar-refractivity contribution in [3.63, 3.8) is 0 Å². The number of carbonyl (C=O) groups is 1. The Morgan fingerprint density at radius 1 is 0.975 bits per heavy atom. The molecule has 206 valence electrons. The highest BCUT2D eigenvalue weighted by Crippen LogP contribution is 2.39. The number of benzene rings is 3. The fraction of sp³-hybridized carbons (Fsp3) is 0.241. The van der Waals surface area contributed by atoms with Crippen LogP contribution in [0, 0.1) is 23.3 Å². The van der Waals surface area contributed by atoms with Crippen molar-refractivity contribution < 1.29 is 31.5 Å². The minimum Gasteiger partial charge on any atom is -0.378 e. The Hall–Kier alpha value is -4.25. The van der Waals surface area contributed by atoms with Gasteiger partial charge in [-0.2, -0.15) is 0 Å². The summed E-state index contributed by atoms with van der Waals surface area (Å²) >= 11 is 0. The lowest BCUT2D eigenvalue weighted by atomic mass is 9.97. The molecule has 0 spiro atoms. The van der Waals surface area contributed by atoms with E-state index in [1.807, 2.05) is 4.90 Å². The van der Waals surface area contributed by atoms with Crippen molar-refractivity contribution in [2.45, 2.75) is 12.6 Å². The lowest BCUT2D eigenvalue weighted by Crippen LogP contribution is -2.46. The van der Waals surface area contributed by atoms with Crippen LogP contribution in [0.15, 0.2) is 54.7 Å². The molecular weight excluding hydrogens is 531 g/mol. The molecular formula is C29H23F5N4O2. The van der Waals surface area contributed by atoms with Crippen LogP contribution in [0.25, 0.3) is 22.0 Å². The maximum Gasteiger partial charge on any atom is 0.273 e. The third kappa shape index (κ3) is 4.49. The van der Waals surface area contributed by atoms with Crippen molar-refractivity contribution in [1.82, 2.24) is 10.4 Å². The number of nitrogens with zero attached hydrogens (tertiary/aromatic N) is 3. The van der Waals surface area contributed by atoms with Gasteiger partial charge in [0.25, 0.3) is 5.91 Å². The molecule has 4 aromatic rings. The Balaban J connectivity index is 1.49. The van der Waals surface area contributed by atoms with E-state index in [-0.39, 0.29) is 29.4 Å². The molecule has 1 N–H and O–H groups in total. The number of hydrazine groups is 1. The predicted octanol–water partition coefficient (Wildman–Crippen LogP) is 5.86. The number of alkyl halides is 1. The molecule has 6 nitrogen and oxygen atoms in total. The molecule has 1 unspecified atom stereocenters. The van der Waals surface area contributed by atoms with Crippen LogP contribution in [-0.2, 0) is 4.74 Å². The quantitative estimate of drug-likeness (QED) is 0.253. The normalized spacial score (nSPS) is 17.2. The Labute approximate surface area is 225 Å². The van der Waals surface area contributed by atoms with Gasteiger partial charge in [-0.1, -0.05) is 18.2 Å². The zero-order valence-electron chi connectivity index (χ0n) is 21.1. The predicted molar refractivity (Wildman–Crippen MR) is 140 cm³/mol. The molecule has 2 aliphatic heterocycles. The van der Waals surface area contributed by atoms with Gasteiger partial charge in [-0.25, -0.2) is 22.0 Å². The van der Waals surface area contributed by atoms with Crippen LogP contribution >= 0.6 is 0 Å². The zero-order valence-corrected chi connectivity index (χ0v) is 21.1. The van der Waals surface area contributed by atoms with Crippen molar-refractivity contribution in [1.29, 1.82) is 0 Å². The number of pyridine rings is 1. The van der Waals surface area contributed by atoms with Crippen LogP contribution in [0.4, 0.5) is 33.3 Å². The molecule has 2 aliphatic rings. The molecule has 3 heterocycles. The smallest absolute Gasteiger partial charge is 0.273 e. The van der Waals surface area contributed by atoms with Crippen molar-refractivity contribution in [3.8, 4) is 11.1 Å². The number of ether oxygens (including phenoxy) is 1. The monoisotopic (exact) mass is 554 g/mol. The van der Waals surface area contributed by atoms with Gasteiger partial charge in [0.2, 0.25) is 0 Å². The van der Waals surface area contributed by atoms with E-state index in [2.05, 4.69) is 10.4 Å². The molecule has 40 heavy (non-hydrogen) atoms. The molecule has 3 aromatic carbocycles. The molecule has 1 aromatic heterocycles. The highest BCUT2D eigenvalue weighted by Gasteiger charge is 2.29. The average molecular weight is 555 g/mol. The van der Waals surface area contributed by atoms with Gasteiger partial charge in [-0.05, 0) is 24.3 Å². The first kappa shape index (κ1) is 26.0. The van der Waals surface area contributed by atoms with Crippen molar-refractivity contribution in [2.24, 2.45) is 0 Å². The summed E-state index contributed by atoms with van der Waals surface area (Å²) in [5, 5.41) is 1.86. The minimum absolute atomic E-state index is 0.0643. The first-order valence-corrected chi connectivity index (χ1v) is 12.7. The minimum atomic E-state index is -1.46. The third-order valence-corrected chi connectivity index (χ3v) is 7.20. The first-order valence-electron chi connectivity index (χ1n) is 12.7. The maximum absolute atomic E-state index is 15.2. The summed E-state index contributed by atoms with van der Waals surface area (Å²) in [7, 11) is 0. The van der Waals surface area contributed by atoms with Gasteiger partial charge in [0.05, 0.1) is 35.7 Å². The number of anilines is 2. The highest BCUT2D eigenvalue weighted by atomic mass is 19.2. The van der Waals surface area contributed by atoms with Crippen LogP contribution in [0.1, 0.15) is 28.5 Å². The summed E-state index contributed by atoms with van der Waals surface area (Å²) in [6.45, 7) is 1.74. The van der Waals surface area contributed by atoms with Gasteiger partial charge in [-0.15, -0.1) is 0 Å². The molecule has 1 saturated heterocycles. The van der Waals surface area contributed by atoms with Crippen molar-refractivity contribution in [3.05, 3.63) is 89.1 Å². The number of carbonyl (C=O) groups excluding carboxylic acids is 1. The van der Waals surface area contributed by atoms with E-state index in [9.17, 15) is 22.4 Å². The fourth-order valence-electron chi connectivity index (χ4n) is 5.33. The molecule has 6 rings (SSSR count). The number of aromatic nitrogens is 1. The summed E-state index contributed by atoms with van der Waals surface area (Å²) in [5.41, 5.74) is 3.24. The van der Waals surface area contributed by atoms with E-state index >= 15 is 4.39 Å². The summed E-state index contributed by atoms with van der Waals surface area (Å²) in [6.07, 6.45) is 0.256. The third-order valence-electron chi connectivity index (χ3n) is 7.20. The number of rotatable bonds is 4. The fourth-order valence-corrected chi connectivity index (χ4v) is 5.33. The first-order chi connectivity index (χ1) is 19.3. The number of morpholine rings is 1. The van der Waals surface area contributed by atoms with Crippen molar-refractivity contribution >= 4 is 28.2 Å². The highest BCUT2D eigenvalue weighted by molar-refractivity contribution is 6.10. The van der Waals surface area contributed by atoms with E-state index in [0.717, 1.165) is 6.07 Å². The largest absolute Gasteiger partial charge is 0.378 e. The van der Waals surface area contributed by atoms with Crippen LogP contribution in [0.2, 0.25) is 0 Å². The average Bonchev–Trinajstić information content (AvgIpc) is 2.96. The number of hydrogen-bond donors (Lipinski definition) is 1. The number of nitrogens with one attached hydrogen (secondary N) is 1. The van der Waals surface area contributed by atoms with Crippen LogP contribution in [0.3, 0.4) is 0 Å². The molecule has 1 fully saturated rings. The van der Waals surface area contributed by atoms with Crippen LogP contribution < -0.4 is 15.3 Å². The molecule has 1 atom stereocenters. The Morgan fingerprint density at radius 3 is 2.55 bits per heavy atom. The second-order valence-electron chi connectivity index (χ2n) is 9.60.